The number of aryl methyl sites for hydroxylation is 1. The summed E-state index contributed by atoms with van der Waals surface area (Å²) >= 11 is 0. The molecule has 1 aromatic rings. The lowest BCUT2D eigenvalue weighted by Gasteiger charge is -2.20. The summed E-state index contributed by atoms with van der Waals surface area (Å²) in [5.74, 6) is 1.18. The van der Waals surface area contributed by atoms with E-state index in [0.717, 1.165) is 13.0 Å². The van der Waals surface area contributed by atoms with Crippen LogP contribution < -0.4 is 5.32 Å². The maximum absolute atomic E-state index is 4.49. The summed E-state index contributed by atoms with van der Waals surface area (Å²) in [6.07, 6.45) is 7.47. The van der Waals surface area contributed by atoms with E-state index in [9.17, 15) is 0 Å². The van der Waals surface area contributed by atoms with Crippen LogP contribution >= 0.6 is 0 Å². The molecule has 3 rings (SSSR count). The minimum Gasteiger partial charge on any atom is -0.344 e. The van der Waals surface area contributed by atoms with E-state index in [-0.39, 0.29) is 0 Å². The number of benzene rings is 1. The summed E-state index contributed by atoms with van der Waals surface area (Å²) in [7, 11) is 0. The third-order valence-corrected chi connectivity index (χ3v) is 3.55. The summed E-state index contributed by atoms with van der Waals surface area (Å²) < 4.78 is 0. The third-order valence-electron chi connectivity index (χ3n) is 3.55. The first-order valence-electron chi connectivity index (χ1n) is 6.34. The first-order chi connectivity index (χ1) is 7.93. The minimum absolute atomic E-state index is 0.997. The van der Waals surface area contributed by atoms with Gasteiger partial charge in [-0.3, -0.25) is 4.99 Å². The predicted molar refractivity (Wildman–Crippen MR) is 68.2 cm³/mol. The van der Waals surface area contributed by atoms with Crippen LogP contribution in [-0.4, -0.2) is 12.4 Å². The van der Waals surface area contributed by atoms with E-state index in [1.807, 2.05) is 0 Å². The molecule has 1 heterocycles. The number of amidine groups is 1. The van der Waals surface area contributed by atoms with E-state index in [1.165, 1.54) is 54.8 Å². The Morgan fingerprint density at radius 3 is 2.81 bits per heavy atom. The number of aliphatic imine (C=N–C) groups is 1. The van der Waals surface area contributed by atoms with Gasteiger partial charge in [-0.05, 0) is 49.3 Å². The zero-order valence-corrected chi connectivity index (χ0v) is 9.63. The van der Waals surface area contributed by atoms with Crippen molar-refractivity contribution < 1.29 is 0 Å². The smallest absolute Gasteiger partial charge is 0.101 e. The van der Waals surface area contributed by atoms with Crippen molar-refractivity contribution in [3.8, 4) is 0 Å². The summed E-state index contributed by atoms with van der Waals surface area (Å²) in [6.45, 7) is 0.997. The Morgan fingerprint density at radius 1 is 1.00 bits per heavy atom. The molecule has 84 valence electrons. The number of rotatable bonds is 1. The molecular weight excluding hydrogens is 196 g/mol. The topological polar surface area (TPSA) is 24.4 Å². The average Bonchev–Trinajstić information content (AvgIpc) is 2.82. The van der Waals surface area contributed by atoms with Crippen LogP contribution in [0.4, 0.5) is 5.69 Å². The molecule has 2 heteroatoms. The lowest BCUT2D eigenvalue weighted by atomic mass is 9.90. The second-order valence-corrected chi connectivity index (χ2v) is 4.71. The fourth-order valence-electron chi connectivity index (χ4n) is 2.70. The fourth-order valence-corrected chi connectivity index (χ4v) is 2.70. The molecule has 0 fully saturated rings. The van der Waals surface area contributed by atoms with Gasteiger partial charge in [0.1, 0.15) is 5.84 Å². The number of nitrogens with zero attached hydrogens (tertiary/aromatic N) is 1. The van der Waals surface area contributed by atoms with Crippen molar-refractivity contribution in [3.63, 3.8) is 0 Å². The molecule has 1 N–H and O–H groups in total. The van der Waals surface area contributed by atoms with Gasteiger partial charge in [0, 0.05) is 18.7 Å². The monoisotopic (exact) mass is 214 g/mol. The Hall–Kier alpha value is -1.31. The number of fused-ring (bicyclic) bond motifs is 1. The molecule has 0 bridgehead atoms. The van der Waals surface area contributed by atoms with E-state index in [1.54, 1.807) is 0 Å². The average molecular weight is 214 g/mol. The van der Waals surface area contributed by atoms with Crippen molar-refractivity contribution in [2.45, 2.75) is 38.5 Å². The molecule has 0 saturated heterocycles. The maximum Gasteiger partial charge on any atom is 0.101 e. The Labute approximate surface area is 96.8 Å². The Morgan fingerprint density at radius 2 is 1.94 bits per heavy atom. The van der Waals surface area contributed by atoms with E-state index in [0.29, 0.717) is 0 Å². The first-order valence-corrected chi connectivity index (χ1v) is 6.34. The van der Waals surface area contributed by atoms with Gasteiger partial charge >= 0.3 is 0 Å². The second kappa shape index (κ2) is 4.28. The van der Waals surface area contributed by atoms with Crippen LogP contribution in [0.2, 0.25) is 0 Å². The van der Waals surface area contributed by atoms with Gasteiger partial charge in [0.2, 0.25) is 0 Å². The van der Waals surface area contributed by atoms with E-state index >= 15 is 0 Å². The van der Waals surface area contributed by atoms with Gasteiger partial charge in [0.25, 0.3) is 0 Å². The van der Waals surface area contributed by atoms with Gasteiger partial charge < -0.3 is 5.32 Å². The molecule has 0 atom stereocenters. The Bertz CT molecular complexity index is 421. The van der Waals surface area contributed by atoms with Crippen LogP contribution in [0.1, 0.15) is 36.8 Å². The van der Waals surface area contributed by atoms with Crippen molar-refractivity contribution >= 4 is 11.5 Å². The highest BCUT2D eigenvalue weighted by Gasteiger charge is 2.14. The molecule has 0 spiro atoms. The molecule has 0 aromatic heterocycles. The van der Waals surface area contributed by atoms with Gasteiger partial charge in [-0.15, -0.1) is 0 Å². The molecule has 0 amide bonds. The fraction of sp³-hybridized carbons (Fsp3) is 0.500. The van der Waals surface area contributed by atoms with Gasteiger partial charge in [0.15, 0.2) is 0 Å². The molecule has 2 aliphatic rings. The van der Waals surface area contributed by atoms with Crippen molar-refractivity contribution in [2.75, 3.05) is 11.9 Å². The van der Waals surface area contributed by atoms with E-state index in [2.05, 4.69) is 28.5 Å². The standard InChI is InChI=1S/C14H18N2/c1-2-7-12-11(5-1)6-3-8-13(12)16-14-9-4-10-15-14/h3,6,8H,1-2,4-5,7,9-10H2,(H,15,16). The molecule has 1 aromatic carbocycles. The van der Waals surface area contributed by atoms with Crippen LogP contribution in [0.5, 0.6) is 0 Å². The van der Waals surface area contributed by atoms with E-state index < -0.39 is 0 Å². The molecule has 2 nitrogen and oxygen atoms in total. The zero-order chi connectivity index (χ0) is 10.8. The summed E-state index contributed by atoms with van der Waals surface area (Å²) in [6, 6.07) is 6.64. The SMILES string of the molecule is c1cc2c(c(NC3=NCCC3)c1)CCCC2. The molecule has 16 heavy (non-hydrogen) atoms. The van der Waals surface area contributed by atoms with Crippen LogP contribution in [0.25, 0.3) is 0 Å². The van der Waals surface area contributed by atoms with Crippen molar-refractivity contribution in [3.05, 3.63) is 29.3 Å². The van der Waals surface area contributed by atoms with Crippen LogP contribution in [0.3, 0.4) is 0 Å². The number of anilines is 1. The minimum atomic E-state index is 0.997. The third kappa shape index (κ3) is 1.84. The lowest BCUT2D eigenvalue weighted by Crippen LogP contribution is -2.13. The molecular formula is C14H18N2. The van der Waals surface area contributed by atoms with Gasteiger partial charge in [-0.25, -0.2) is 0 Å². The van der Waals surface area contributed by atoms with Crippen LogP contribution in [-0.2, 0) is 12.8 Å². The van der Waals surface area contributed by atoms with Crippen molar-refractivity contribution in [1.82, 2.24) is 0 Å². The largest absolute Gasteiger partial charge is 0.344 e. The quantitative estimate of drug-likeness (QED) is 0.763. The molecule has 1 aliphatic carbocycles. The van der Waals surface area contributed by atoms with Gasteiger partial charge in [-0.1, -0.05) is 12.1 Å². The highest BCUT2D eigenvalue weighted by molar-refractivity contribution is 5.97. The predicted octanol–water partition coefficient (Wildman–Crippen LogP) is 3.17. The lowest BCUT2D eigenvalue weighted by molar-refractivity contribution is 0.687. The summed E-state index contributed by atoms with van der Waals surface area (Å²) in [4.78, 5) is 4.49. The normalized spacial score (nSPS) is 19.1. The number of hydrogen-bond acceptors (Lipinski definition) is 2. The Kier molecular flexibility index (Phi) is 2.65. The van der Waals surface area contributed by atoms with Gasteiger partial charge in [-0.2, -0.15) is 0 Å². The molecule has 0 saturated carbocycles. The molecule has 0 radical (unpaired) electrons. The highest BCUT2D eigenvalue weighted by Crippen LogP contribution is 2.28. The van der Waals surface area contributed by atoms with Crippen molar-refractivity contribution in [2.24, 2.45) is 4.99 Å². The maximum atomic E-state index is 4.49. The second-order valence-electron chi connectivity index (χ2n) is 4.71. The van der Waals surface area contributed by atoms with E-state index in [4.69, 9.17) is 0 Å². The highest BCUT2D eigenvalue weighted by atomic mass is 15.0. The van der Waals surface area contributed by atoms with Crippen LogP contribution in [0, 0.1) is 0 Å². The summed E-state index contributed by atoms with van der Waals surface area (Å²) in [5.41, 5.74) is 4.37. The first kappa shape index (κ1) is 9.88. The van der Waals surface area contributed by atoms with Gasteiger partial charge in [0.05, 0.1) is 0 Å². The number of nitrogens with one attached hydrogen (secondary N) is 1. The van der Waals surface area contributed by atoms with Crippen LogP contribution in [0.15, 0.2) is 23.2 Å². The zero-order valence-electron chi connectivity index (χ0n) is 9.63. The summed E-state index contributed by atoms with van der Waals surface area (Å²) in [5, 5.41) is 3.52. The molecule has 0 unspecified atom stereocenters. The Balaban J connectivity index is 1.88. The van der Waals surface area contributed by atoms with Crippen molar-refractivity contribution in [1.29, 1.82) is 0 Å². The molecule has 1 aliphatic heterocycles. The number of hydrogen-bond donors (Lipinski definition) is 1.